The Morgan fingerprint density at radius 1 is 1.13 bits per heavy atom. The number of rotatable bonds is 4. The molecule has 0 heterocycles. The van der Waals surface area contributed by atoms with E-state index in [0.29, 0.717) is 5.56 Å². The average Bonchev–Trinajstić information content (AvgIpc) is 2.52. The molecular formula is C15H12F3N3O2. The molecule has 0 amide bonds. The Kier molecular flexibility index (Phi) is 4.63. The molecule has 0 saturated carbocycles. The molecule has 0 aliphatic heterocycles. The van der Waals surface area contributed by atoms with E-state index in [1.165, 1.54) is 49.4 Å². The van der Waals surface area contributed by atoms with Crippen LogP contribution in [0.4, 0.5) is 24.5 Å². The van der Waals surface area contributed by atoms with Crippen LogP contribution in [0.2, 0.25) is 0 Å². The summed E-state index contributed by atoms with van der Waals surface area (Å²) < 4.78 is 38.4. The van der Waals surface area contributed by atoms with Crippen LogP contribution in [0.1, 0.15) is 22.8 Å². The van der Waals surface area contributed by atoms with Crippen molar-refractivity contribution in [3.8, 4) is 0 Å². The van der Waals surface area contributed by atoms with Gasteiger partial charge in [-0.25, -0.2) is 0 Å². The van der Waals surface area contributed by atoms with E-state index in [0.717, 1.165) is 6.07 Å². The third kappa shape index (κ3) is 4.06. The molecule has 2 aromatic carbocycles. The van der Waals surface area contributed by atoms with Crippen molar-refractivity contribution in [2.75, 3.05) is 5.43 Å². The SMILES string of the molecule is CC(=O)c1ccc(/[N+]([O-])=N/Nc2ccccc2C(F)(F)F)cc1. The van der Waals surface area contributed by atoms with Gasteiger partial charge >= 0.3 is 6.18 Å². The monoisotopic (exact) mass is 323 g/mol. The van der Waals surface area contributed by atoms with Gasteiger partial charge in [-0.3, -0.25) is 4.79 Å². The Bertz CT molecular complexity index is 740. The van der Waals surface area contributed by atoms with Crippen LogP contribution in [-0.2, 0) is 6.18 Å². The topological polar surface area (TPSA) is 67.5 Å². The number of anilines is 1. The molecule has 0 atom stereocenters. The number of para-hydroxylation sites is 1. The Labute approximate surface area is 129 Å². The predicted molar refractivity (Wildman–Crippen MR) is 77.2 cm³/mol. The summed E-state index contributed by atoms with van der Waals surface area (Å²) in [4.78, 5) is 11.3. The number of ketones is 1. The van der Waals surface area contributed by atoms with Crippen molar-refractivity contribution in [1.29, 1.82) is 0 Å². The number of Topliss-reactive ketones (excluding diaryl/α,β-unsaturated/α-hetero) is 1. The number of halogens is 3. The number of hydrogen-bond donors (Lipinski definition) is 1. The van der Waals surface area contributed by atoms with Gasteiger partial charge in [-0.15, -0.1) is 10.3 Å². The standard InChI is InChI=1S/C15H12F3N3O2/c1-10(22)11-6-8-12(9-7-11)21(23)20-19-14-5-3-2-4-13(14)15(16,17)18/h2-9,19H,1H3/b21-20-. The third-order valence-electron chi connectivity index (χ3n) is 2.99. The molecular weight excluding hydrogens is 311 g/mol. The van der Waals surface area contributed by atoms with Crippen molar-refractivity contribution in [2.24, 2.45) is 5.22 Å². The summed E-state index contributed by atoms with van der Waals surface area (Å²) in [6.45, 7) is 1.38. The quantitative estimate of drug-likeness (QED) is 0.389. The summed E-state index contributed by atoms with van der Waals surface area (Å²) in [6.07, 6.45) is -4.56. The molecule has 8 heteroatoms. The van der Waals surface area contributed by atoms with E-state index in [4.69, 9.17) is 0 Å². The van der Waals surface area contributed by atoms with Crippen LogP contribution < -0.4 is 5.43 Å². The van der Waals surface area contributed by atoms with E-state index in [1.807, 2.05) is 0 Å². The van der Waals surface area contributed by atoms with Crippen molar-refractivity contribution in [1.82, 2.24) is 0 Å². The molecule has 2 aromatic rings. The first-order valence-corrected chi connectivity index (χ1v) is 6.50. The van der Waals surface area contributed by atoms with Gasteiger partial charge in [-0.2, -0.15) is 13.2 Å². The first kappa shape index (κ1) is 16.5. The number of alkyl halides is 3. The van der Waals surface area contributed by atoms with E-state index < -0.39 is 11.7 Å². The van der Waals surface area contributed by atoms with Crippen molar-refractivity contribution in [2.45, 2.75) is 13.1 Å². The molecule has 0 unspecified atom stereocenters. The van der Waals surface area contributed by atoms with Crippen molar-refractivity contribution in [3.63, 3.8) is 0 Å². The number of carbonyl (C=O) groups is 1. The molecule has 0 spiro atoms. The highest BCUT2D eigenvalue weighted by Gasteiger charge is 2.34. The second-order valence-corrected chi connectivity index (χ2v) is 4.63. The van der Waals surface area contributed by atoms with Gasteiger partial charge in [0.25, 0.3) is 0 Å². The van der Waals surface area contributed by atoms with Crippen LogP contribution in [0, 0.1) is 5.21 Å². The Morgan fingerprint density at radius 2 is 1.74 bits per heavy atom. The molecule has 0 radical (unpaired) electrons. The van der Waals surface area contributed by atoms with Gasteiger partial charge in [0.05, 0.1) is 5.22 Å². The number of benzene rings is 2. The fraction of sp³-hybridized carbons (Fsp3) is 0.133. The molecule has 0 aliphatic carbocycles. The maximum atomic E-state index is 12.8. The van der Waals surface area contributed by atoms with Gasteiger partial charge < -0.3 is 5.21 Å². The van der Waals surface area contributed by atoms with Gasteiger partial charge in [0, 0.05) is 5.56 Å². The molecule has 2 rings (SSSR count). The largest absolute Gasteiger partial charge is 0.691 e. The lowest BCUT2D eigenvalue weighted by Gasteiger charge is -2.09. The summed E-state index contributed by atoms with van der Waals surface area (Å²) >= 11 is 0. The van der Waals surface area contributed by atoms with Crippen LogP contribution in [0.25, 0.3) is 0 Å². The second kappa shape index (κ2) is 6.47. The number of hydrogen-bond acceptors (Lipinski definition) is 3. The van der Waals surface area contributed by atoms with Crippen molar-refractivity contribution < 1.29 is 22.8 Å². The van der Waals surface area contributed by atoms with Gasteiger partial charge in [0.1, 0.15) is 5.56 Å². The second-order valence-electron chi connectivity index (χ2n) is 4.63. The van der Waals surface area contributed by atoms with E-state index >= 15 is 0 Å². The van der Waals surface area contributed by atoms with E-state index in [-0.39, 0.29) is 22.0 Å². The summed E-state index contributed by atoms with van der Waals surface area (Å²) in [6, 6.07) is 10.2. The van der Waals surface area contributed by atoms with Crippen LogP contribution in [0.5, 0.6) is 0 Å². The van der Waals surface area contributed by atoms with E-state index in [1.54, 1.807) is 0 Å². The van der Waals surface area contributed by atoms with Crippen molar-refractivity contribution >= 4 is 17.2 Å². The fourth-order valence-electron chi connectivity index (χ4n) is 1.81. The molecule has 0 saturated heterocycles. The fourth-order valence-corrected chi connectivity index (χ4v) is 1.81. The van der Waals surface area contributed by atoms with Crippen LogP contribution in [0.3, 0.4) is 0 Å². The van der Waals surface area contributed by atoms with Crippen LogP contribution in [-0.4, -0.2) is 10.6 Å². The lowest BCUT2D eigenvalue weighted by molar-refractivity contribution is -0.439. The molecule has 0 bridgehead atoms. The summed E-state index contributed by atoms with van der Waals surface area (Å²) in [5, 5.41) is 15.1. The molecule has 23 heavy (non-hydrogen) atoms. The van der Waals surface area contributed by atoms with E-state index in [9.17, 15) is 23.2 Å². The maximum absolute atomic E-state index is 12.8. The zero-order valence-corrected chi connectivity index (χ0v) is 12.0. The normalized spacial score (nSPS) is 12.1. The molecule has 1 N–H and O–H groups in total. The highest BCUT2D eigenvalue weighted by atomic mass is 19.4. The molecule has 0 fully saturated rings. The highest BCUT2D eigenvalue weighted by Crippen LogP contribution is 2.34. The van der Waals surface area contributed by atoms with Gasteiger partial charge in [-0.1, -0.05) is 12.1 Å². The number of nitrogens with zero attached hydrogens (tertiary/aromatic N) is 2. The molecule has 120 valence electrons. The number of carbonyl (C=O) groups excluding carboxylic acids is 1. The lowest BCUT2D eigenvalue weighted by atomic mass is 10.1. The van der Waals surface area contributed by atoms with Gasteiger partial charge in [0.15, 0.2) is 17.2 Å². The Balaban J connectivity index is 2.22. The Morgan fingerprint density at radius 3 is 2.30 bits per heavy atom. The average molecular weight is 323 g/mol. The minimum Gasteiger partial charge on any atom is -0.691 e. The van der Waals surface area contributed by atoms with Crippen LogP contribution in [0.15, 0.2) is 53.8 Å². The zero-order valence-electron chi connectivity index (χ0n) is 12.0. The van der Waals surface area contributed by atoms with Crippen molar-refractivity contribution in [3.05, 3.63) is 64.9 Å². The zero-order chi connectivity index (χ0) is 17.0. The minimum atomic E-state index is -4.56. The molecule has 0 aromatic heterocycles. The predicted octanol–water partition coefficient (Wildman–Crippen LogP) is 4.53. The number of nitrogens with one attached hydrogen (secondary N) is 1. The summed E-state index contributed by atoms with van der Waals surface area (Å²) in [7, 11) is 0. The van der Waals surface area contributed by atoms with Gasteiger partial charge in [0.2, 0.25) is 0 Å². The smallest absolute Gasteiger partial charge is 0.420 e. The van der Waals surface area contributed by atoms with Gasteiger partial charge in [-0.05, 0) is 43.3 Å². The van der Waals surface area contributed by atoms with Crippen LogP contribution >= 0.6 is 0 Å². The summed E-state index contributed by atoms with van der Waals surface area (Å²) in [5.74, 6) is -0.164. The highest BCUT2D eigenvalue weighted by molar-refractivity contribution is 5.94. The minimum absolute atomic E-state index is 0.0759. The molecule has 5 nitrogen and oxygen atoms in total. The lowest BCUT2D eigenvalue weighted by Crippen LogP contribution is -2.09. The maximum Gasteiger partial charge on any atom is 0.420 e. The first-order chi connectivity index (χ1) is 10.8. The molecule has 0 aliphatic rings. The first-order valence-electron chi connectivity index (χ1n) is 6.50. The summed E-state index contributed by atoms with van der Waals surface area (Å²) in [5.41, 5.74) is 1.34. The Hall–Kier alpha value is -2.90. The van der Waals surface area contributed by atoms with E-state index in [2.05, 4.69) is 10.6 Å². The third-order valence-corrected chi connectivity index (χ3v) is 2.99.